The molecule has 0 unspecified atom stereocenters. The van der Waals surface area contributed by atoms with Gasteiger partial charge in [0.15, 0.2) is 0 Å². The number of carbonyl (C=O) groups excluding carboxylic acids is 1. The van der Waals surface area contributed by atoms with Crippen LogP contribution in [0.2, 0.25) is 0 Å². The number of nitrogens with zero attached hydrogens (tertiary/aromatic N) is 2. The smallest absolute Gasteiger partial charge is 0.223 e. The molecule has 0 aliphatic carbocycles. The van der Waals surface area contributed by atoms with E-state index in [2.05, 4.69) is 10.3 Å². The van der Waals surface area contributed by atoms with Gasteiger partial charge in [0.1, 0.15) is 5.82 Å². The van der Waals surface area contributed by atoms with Gasteiger partial charge >= 0.3 is 0 Å². The molecule has 1 amide bonds. The highest BCUT2D eigenvalue weighted by atomic mass is 16.1. The van der Waals surface area contributed by atoms with Gasteiger partial charge in [-0.05, 0) is 18.1 Å². The number of hydrogen-bond donors (Lipinski definition) is 1. The molecule has 0 bridgehead atoms. The average Bonchev–Trinajstić information content (AvgIpc) is 2.35. The zero-order valence-corrected chi connectivity index (χ0v) is 11.0. The van der Waals surface area contributed by atoms with Gasteiger partial charge in [-0.2, -0.15) is 0 Å². The maximum atomic E-state index is 11.6. The molecule has 17 heavy (non-hydrogen) atoms. The molecule has 0 radical (unpaired) electrons. The van der Waals surface area contributed by atoms with E-state index in [0.717, 1.165) is 17.8 Å². The fourth-order valence-corrected chi connectivity index (χ4v) is 1.33. The summed E-state index contributed by atoms with van der Waals surface area (Å²) in [4.78, 5) is 17.8. The Kier molecular flexibility index (Phi) is 4.94. The molecule has 0 spiro atoms. The van der Waals surface area contributed by atoms with Crippen LogP contribution in [-0.4, -0.2) is 25.0 Å². The molecule has 1 aromatic heterocycles. The summed E-state index contributed by atoms with van der Waals surface area (Å²) in [6, 6.07) is 3.93. The number of rotatable bonds is 5. The number of hydrogen-bond acceptors (Lipinski definition) is 3. The minimum atomic E-state index is 0.0732. The SMILES string of the molecule is CC[C@@H](C)C(=O)NCc1ccc(N(C)C)nc1. The third-order valence-electron chi connectivity index (χ3n) is 2.79. The van der Waals surface area contributed by atoms with Gasteiger partial charge in [-0.25, -0.2) is 4.98 Å². The van der Waals surface area contributed by atoms with Crippen molar-refractivity contribution in [2.24, 2.45) is 5.92 Å². The Bertz CT molecular complexity index is 359. The number of carbonyl (C=O) groups is 1. The van der Waals surface area contributed by atoms with Gasteiger partial charge in [0.25, 0.3) is 0 Å². The molecule has 1 rings (SSSR count). The van der Waals surface area contributed by atoms with Crippen molar-refractivity contribution >= 4 is 11.7 Å². The van der Waals surface area contributed by atoms with E-state index < -0.39 is 0 Å². The first-order chi connectivity index (χ1) is 8.04. The van der Waals surface area contributed by atoms with Crippen LogP contribution < -0.4 is 10.2 Å². The lowest BCUT2D eigenvalue weighted by Gasteiger charge is -2.12. The maximum Gasteiger partial charge on any atom is 0.223 e. The summed E-state index contributed by atoms with van der Waals surface area (Å²) in [5, 5.41) is 2.91. The average molecular weight is 235 g/mol. The molecule has 94 valence electrons. The molecule has 1 atom stereocenters. The summed E-state index contributed by atoms with van der Waals surface area (Å²) in [7, 11) is 3.90. The fraction of sp³-hybridized carbons (Fsp3) is 0.538. The van der Waals surface area contributed by atoms with Crippen LogP contribution in [0.5, 0.6) is 0 Å². The summed E-state index contributed by atoms with van der Waals surface area (Å²) >= 11 is 0. The molecule has 1 aromatic rings. The first kappa shape index (κ1) is 13.5. The number of anilines is 1. The second-order valence-electron chi connectivity index (χ2n) is 4.45. The molecule has 4 heteroatoms. The highest BCUT2D eigenvalue weighted by Gasteiger charge is 2.09. The zero-order valence-electron chi connectivity index (χ0n) is 11.0. The van der Waals surface area contributed by atoms with E-state index in [1.807, 2.05) is 45.0 Å². The van der Waals surface area contributed by atoms with Gasteiger partial charge in [0, 0.05) is 32.8 Å². The number of aromatic nitrogens is 1. The van der Waals surface area contributed by atoms with Gasteiger partial charge in [-0.1, -0.05) is 19.9 Å². The second-order valence-corrected chi connectivity index (χ2v) is 4.45. The van der Waals surface area contributed by atoms with Crippen molar-refractivity contribution < 1.29 is 4.79 Å². The van der Waals surface area contributed by atoms with Crippen molar-refractivity contribution in [1.29, 1.82) is 0 Å². The molecule has 0 aromatic carbocycles. The number of nitrogens with one attached hydrogen (secondary N) is 1. The van der Waals surface area contributed by atoms with E-state index in [4.69, 9.17) is 0 Å². The summed E-state index contributed by atoms with van der Waals surface area (Å²) in [6.45, 7) is 4.49. The van der Waals surface area contributed by atoms with Crippen LogP contribution in [0.3, 0.4) is 0 Å². The summed E-state index contributed by atoms with van der Waals surface area (Å²) in [5.41, 5.74) is 1.02. The molecular formula is C13H21N3O. The second kappa shape index (κ2) is 6.23. The Hall–Kier alpha value is -1.58. The summed E-state index contributed by atoms with van der Waals surface area (Å²) in [6.07, 6.45) is 2.66. The lowest BCUT2D eigenvalue weighted by Crippen LogP contribution is -2.28. The Labute approximate surface area is 103 Å². The highest BCUT2D eigenvalue weighted by molar-refractivity contribution is 5.78. The van der Waals surface area contributed by atoms with E-state index in [0.29, 0.717) is 6.54 Å². The van der Waals surface area contributed by atoms with Gasteiger partial charge < -0.3 is 10.2 Å². The largest absolute Gasteiger partial charge is 0.363 e. The minimum absolute atomic E-state index is 0.0732. The Morgan fingerprint density at radius 3 is 2.65 bits per heavy atom. The predicted octanol–water partition coefficient (Wildman–Crippen LogP) is 1.81. The molecular weight excluding hydrogens is 214 g/mol. The summed E-state index contributed by atoms with van der Waals surface area (Å²) < 4.78 is 0. The fourth-order valence-electron chi connectivity index (χ4n) is 1.33. The topological polar surface area (TPSA) is 45.2 Å². The van der Waals surface area contributed by atoms with Crippen molar-refractivity contribution in [3.63, 3.8) is 0 Å². The first-order valence-corrected chi connectivity index (χ1v) is 5.94. The van der Waals surface area contributed by atoms with Gasteiger partial charge in [-0.15, -0.1) is 0 Å². The van der Waals surface area contributed by atoms with E-state index in [1.165, 1.54) is 0 Å². The van der Waals surface area contributed by atoms with Gasteiger partial charge in [0.2, 0.25) is 5.91 Å². The molecule has 1 heterocycles. The minimum Gasteiger partial charge on any atom is -0.363 e. The lowest BCUT2D eigenvalue weighted by molar-refractivity contribution is -0.124. The normalized spacial score (nSPS) is 12.0. The van der Waals surface area contributed by atoms with Crippen LogP contribution in [0.4, 0.5) is 5.82 Å². The van der Waals surface area contributed by atoms with E-state index in [-0.39, 0.29) is 11.8 Å². The van der Waals surface area contributed by atoms with Crippen molar-refractivity contribution in [3.05, 3.63) is 23.9 Å². The van der Waals surface area contributed by atoms with Crippen molar-refractivity contribution in [3.8, 4) is 0 Å². The molecule has 0 aliphatic heterocycles. The van der Waals surface area contributed by atoms with Gasteiger partial charge in [-0.3, -0.25) is 4.79 Å². The van der Waals surface area contributed by atoms with Crippen LogP contribution >= 0.6 is 0 Å². The predicted molar refractivity (Wildman–Crippen MR) is 69.9 cm³/mol. The molecule has 0 saturated carbocycles. The van der Waals surface area contributed by atoms with Crippen molar-refractivity contribution in [1.82, 2.24) is 10.3 Å². The Morgan fingerprint density at radius 2 is 2.18 bits per heavy atom. The monoisotopic (exact) mass is 235 g/mol. The third kappa shape index (κ3) is 4.06. The van der Waals surface area contributed by atoms with Crippen LogP contribution in [0, 0.1) is 5.92 Å². The van der Waals surface area contributed by atoms with E-state index in [1.54, 1.807) is 6.20 Å². The Balaban J connectivity index is 2.50. The molecule has 0 saturated heterocycles. The third-order valence-corrected chi connectivity index (χ3v) is 2.79. The van der Waals surface area contributed by atoms with Gasteiger partial charge in [0.05, 0.1) is 0 Å². The highest BCUT2D eigenvalue weighted by Crippen LogP contribution is 2.08. The van der Waals surface area contributed by atoms with E-state index in [9.17, 15) is 4.79 Å². The van der Waals surface area contributed by atoms with Crippen molar-refractivity contribution in [2.75, 3.05) is 19.0 Å². The lowest BCUT2D eigenvalue weighted by atomic mass is 10.1. The van der Waals surface area contributed by atoms with Crippen LogP contribution in [0.25, 0.3) is 0 Å². The molecule has 1 N–H and O–H groups in total. The summed E-state index contributed by atoms with van der Waals surface area (Å²) in [5.74, 6) is 1.09. The molecule has 0 aliphatic rings. The quantitative estimate of drug-likeness (QED) is 0.846. The Morgan fingerprint density at radius 1 is 1.47 bits per heavy atom. The van der Waals surface area contributed by atoms with Crippen LogP contribution in [0.15, 0.2) is 18.3 Å². The number of pyridine rings is 1. The van der Waals surface area contributed by atoms with E-state index >= 15 is 0 Å². The molecule has 4 nitrogen and oxygen atoms in total. The first-order valence-electron chi connectivity index (χ1n) is 5.94. The number of amides is 1. The zero-order chi connectivity index (χ0) is 12.8. The standard InChI is InChI=1S/C13H21N3O/c1-5-10(2)13(17)15-9-11-6-7-12(14-8-11)16(3)4/h6-8,10H,5,9H2,1-4H3,(H,15,17)/t10-/m1/s1. The maximum absolute atomic E-state index is 11.6. The van der Waals surface area contributed by atoms with Crippen LogP contribution in [-0.2, 0) is 11.3 Å². The molecule has 0 fully saturated rings. The van der Waals surface area contributed by atoms with Crippen molar-refractivity contribution in [2.45, 2.75) is 26.8 Å². The van der Waals surface area contributed by atoms with Crippen LogP contribution in [0.1, 0.15) is 25.8 Å².